The van der Waals surface area contributed by atoms with Crippen LogP contribution in [-0.4, -0.2) is 74.1 Å². The predicted octanol–water partition coefficient (Wildman–Crippen LogP) is 4.68. The van der Waals surface area contributed by atoms with Crippen LogP contribution in [0.15, 0.2) is 53.2 Å². The quantitative estimate of drug-likeness (QED) is 0.259. The molecule has 0 aliphatic carbocycles. The van der Waals surface area contributed by atoms with Crippen molar-refractivity contribution in [2.75, 3.05) is 39.1 Å². The van der Waals surface area contributed by atoms with Gasteiger partial charge in [-0.05, 0) is 36.8 Å². The molecule has 40 heavy (non-hydrogen) atoms. The van der Waals surface area contributed by atoms with Crippen molar-refractivity contribution in [3.8, 4) is 22.7 Å². The van der Waals surface area contributed by atoms with Crippen LogP contribution < -0.4 is 11.9 Å². The highest BCUT2D eigenvalue weighted by molar-refractivity contribution is 6.31. The van der Waals surface area contributed by atoms with Gasteiger partial charge in [-0.25, -0.2) is 19.6 Å². The van der Waals surface area contributed by atoms with Crippen molar-refractivity contribution in [1.82, 2.24) is 35.8 Å². The first kappa shape index (κ1) is 28.9. The summed E-state index contributed by atoms with van der Waals surface area (Å²) in [6.45, 7) is 4.59. The van der Waals surface area contributed by atoms with Gasteiger partial charge in [-0.2, -0.15) is 5.10 Å². The maximum atomic E-state index is 9.00. The number of halogens is 1. The SMILES string of the molecule is CC(=O)O.COCCN1CCC(n2nc(-c3ccc(-c4nc5cc(Cl)ccc5o4)cc3)c3c(N)ncnc32)C1.N. The van der Waals surface area contributed by atoms with Crippen molar-refractivity contribution in [2.24, 2.45) is 0 Å². The second kappa shape index (κ2) is 12.4. The van der Waals surface area contributed by atoms with E-state index in [1.807, 2.05) is 35.0 Å². The number of nitrogens with two attached hydrogens (primary N) is 1. The zero-order chi connectivity index (χ0) is 27.5. The van der Waals surface area contributed by atoms with Gasteiger partial charge in [0.2, 0.25) is 5.89 Å². The third-order valence-corrected chi connectivity index (χ3v) is 6.71. The van der Waals surface area contributed by atoms with E-state index in [9.17, 15) is 0 Å². The number of hydrogen-bond donors (Lipinski definition) is 3. The Morgan fingerprint density at radius 2 is 1.93 bits per heavy atom. The van der Waals surface area contributed by atoms with Gasteiger partial charge < -0.3 is 26.1 Å². The van der Waals surface area contributed by atoms with Crippen LogP contribution in [0.25, 0.3) is 44.8 Å². The largest absolute Gasteiger partial charge is 0.481 e. The average molecular weight is 567 g/mol. The van der Waals surface area contributed by atoms with E-state index < -0.39 is 5.97 Å². The van der Waals surface area contributed by atoms with Crippen LogP contribution in [0.3, 0.4) is 0 Å². The minimum atomic E-state index is -0.833. The number of nitrogen functional groups attached to an aromatic ring is 1. The first-order chi connectivity index (χ1) is 18.8. The number of methoxy groups -OCH3 is 1. The highest BCUT2D eigenvalue weighted by Gasteiger charge is 2.28. The number of carboxylic acids is 1. The Hall–Kier alpha value is -4.10. The molecule has 0 amide bonds. The van der Waals surface area contributed by atoms with Gasteiger partial charge in [0.1, 0.15) is 23.4 Å². The fraction of sp³-hybridized carbons (Fsp3) is 0.296. The summed E-state index contributed by atoms with van der Waals surface area (Å²) in [7, 11) is 1.73. The maximum Gasteiger partial charge on any atom is 0.300 e. The molecule has 0 radical (unpaired) electrons. The molecular weight excluding hydrogens is 536 g/mol. The van der Waals surface area contributed by atoms with Crippen LogP contribution >= 0.6 is 11.6 Å². The second-order valence-electron chi connectivity index (χ2n) is 9.21. The fourth-order valence-electron chi connectivity index (χ4n) is 4.68. The number of aromatic nitrogens is 5. The van der Waals surface area contributed by atoms with Gasteiger partial charge in [0, 0.05) is 49.8 Å². The van der Waals surface area contributed by atoms with Crippen LogP contribution in [-0.2, 0) is 9.53 Å². The average Bonchev–Trinajstić information content (AvgIpc) is 3.64. The first-order valence-electron chi connectivity index (χ1n) is 12.4. The highest BCUT2D eigenvalue weighted by Crippen LogP contribution is 2.35. The number of fused-ring (bicyclic) bond motifs is 2. The van der Waals surface area contributed by atoms with E-state index in [2.05, 4.69) is 19.9 Å². The molecule has 5 aromatic rings. The third-order valence-electron chi connectivity index (χ3n) is 6.48. The van der Waals surface area contributed by atoms with Gasteiger partial charge >= 0.3 is 0 Å². The van der Waals surface area contributed by atoms with Gasteiger partial charge in [-0.1, -0.05) is 23.7 Å². The maximum absolute atomic E-state index is 9.00. The Bertz CT molecular complexity index is 1610. The number of ether oxygens (including phenoxy) is 1. The Morgan fingerprint density at radius 3 is 2.65 bits per heavy atom. The highest BCUT2D eigenvalue weighted by atomic mass is 35.5. The van der Waals surface area contributed by atoms with E-state index in [1.165, 1.54) is 6.33 Å². The molecule has 1 aliphatic heterocycles. The van der Waals surface area contributed by atoms with Gasteiger partial charge in [0.05, 0.1) is 18.0 Å². The van der Waals surface area contributed by atoms with E-state index in [4.69, 9.17) is 41.5 Å². The molecular formula is C27H31ClN8O4. The van der Waals surface area contributed by atoms with Crippen molar-refractivity contribution in [1.29, 1.82) is 0 Å². The van der Waals surface area contributed by atoms with Crippen LogP contribution in [0.4, 0.5) is 5.82 Å². The number of benzene rings is 2. The Kier molecular flexibility index (Phi) is 8.95. The number of oxazole rings is 1. The minimum absolute atomic E-state index is 0. The molecule has 210 valence electrons. The molecule has 12 nitrogen and oxygen atoms in total. The van der Waals surface area contributed by atoms with Crippen molar-refractivity contribution >= 4 is 45.5 Å². The van der Waals surface area contributed by atoms with Gasteiger partial charge in [-0.3, -0.25) is 9.69 Å². The monoisotopic (exact) mass is 566 g/mol. The molecule has 1 atom stereocenters. The number of likely N-dealkylation sites (tertiary alicyclic amines) is 1. The lowest BCUT2D eigenvalue weighted by Crippen LogP contribution is -2.25. The first-order valence-corrected chi connectivity index (χ1v) is 12.8. The Morgan fingerprint density at radius 1 is 1.20 bits per heavy atom. The summed E-state index contributed by atoms with van der Waals surface area (Å²) in [5, 5.41) is 13.8. The van der Waals surface area contributed by atoms with Crippen molar-refractivity contribution in [3.05, 3.63) is 53.8 Å². The number of carboxylic acid groups (broad SMARTS) is 1. The van der Waals surface area contributed by atoms with E-state index in [1.54, 1.807) is 19.2 Å². The lowest BCUT2D eigenvalue weighted by Gasteiger charge is -2.15. The van der Waals surface area contributed by atoms with Crippen molar-refractivity contribution < 1.29 is 19.1 Å². The second-order valence-corrected chi connectivity index (χ2v) is 9.65. The smallest absolute Gasteiger partial charge is 0.300 e. The van der Waals surface area contributed by atoms with Gasteiger partial charge in [-0.15, -0.1) is 0 Å². The number of carbonyl (C=O) groups is 1. The summed E-state index contributed by atoms with van der Waals surface area (Å²) in [6, 6.07) is 13.5. The van der Waals surface area contributed by atoms with Crippen molar-refractivity contribution in [3.63, 3.8) is 0 Å². The lowest BCUT2D eigenvalue weighted by molar-refractivity contribution is -0.134. The van der Waals surface area contributed by atoms with E-state index in [0.29, 0.717) is 28.9 Å². The molecule has 1 aliphatic rings. The minimum Gasteiger partial charge on any atom is -0.481 e. The summed E-state index contributed by atoms with van der Waals surface area (Å²) in [5.74, 6) is 0.125. The molecule has 0 spiro atoms. The summed E-state index contributed by atoms with van der Waals surface area (Å²) in [5.41, 5.74) is 11.0. The summed E-state index contributed by atoms with van der Waals surface area (Å²) < 4.78 is 13.2. The van der Waals surface area contributed by atoms with E-state index in [-0.39, 0.29) is 12.2 Å². The topological polar surface area (TPSA) is 180 Å². The van der Waals surface area contributed by atoms with Crippen LogP contribution in [0.5, 0.6) is 0 Å². The lowest BCUT2D eigenvalue weighted by atomic mass is 10.1. The predicted molar refractivity (Wildman–Crippen MR) is 153 cm³/mol. The molecule has 2 aromatic carbocycles. The molecule has 0 saturated carbocycles. The van der Waals surface area contributed by atoms with Gasteiger partial charge in [0.25, 0.3) is 5.97 Å². The standard InChI is InChI=1S/C25H24ClN7O2.C2H4O2.H3N/c1-34-11-10-32-9-8-18(13-32)33-24-21(23(27)28-14-29-24)22(31-33)15-2-4-16(5-3-15)25-30-19-12-17(26)6-7-20(19)35-25;1-2(3)4;/h2-7,12,14,18H,8-11,13H2,1H3,(H2,27,28,29);1H3,(H,3,4);1H3. The molecule has 1 fully saturated rings. The molecule has 1 saturated heterocycles. The number of rotatable bonds is 6. The molecule has 0 bridgehead atoms. The zero-order valence-corrected chi connectivity index (χ0v) is 23.0. The number of hydrogen-bond acceptors (Lipinski definition) is 10. The number of nitrogens with zero attached hydrogens (tertiary/aromatic N) is 6. The summed E-state index contributed by atoms with van der Waals surface area (Å²) in [4.78, 5) is 24.7. The normalized spacial score (nSPS) is 15.1. The molecule has 1 unspecified atom stereocenters. The van der Waals surface area contributed by atoms with E-state index >= 15 is 0 Å². The molecule has 6 N–H and O–H groups in total. The Labute approximate surface area is 235 Å². The van der Waals surface area contributed by atoms with Crippen LogP contribution in [0.2, 0.25) is 5.02 Å². The van der Waals surface area contributed by atoms with Crippen molar-refractivity contribution in [2.45, 2.75) is 19.4 Å². The number of anilines is 1. The molecule has 4 heterocycles. The van der Waals surface area contributed by atoms with Crippen LogP contribution in [0, 0.1) is 0 Å². The van der Waals surface area contributed by atoms with Crippen LogP contribution in [0.1, 0.15) is 19.4 Å². The zero-order valence-electron chi connectivity index (χ0n) is 22.2. The Balaban J connectivity index is 0.000000695. The third kappa shape index (κ3) is 6.05. The van der Waals surface area contributed by atoms with E-state index in [0.717, 1.165) is 66.3 Å². The molecule has 3 aromatic heterocycles. The van der Waals surface area contributed by atoms with Gasteiger partial charge in [0.15, 0.2) is 11.2 Å². The fourth-order valence-corrected chi connectivity index (χ4v) is 4.85. The molecule has 6 rings (SSSR count). The number of aliphatic carboxylic acids is 1. The molecule has 13 heteroatoms. The summed E-state index contributed by atoms with van der Waals surface area (Å²) >= 11 is 6.08. The summed E-state index contributed by atoms with van der Waals surface area (Å²) in [6.07, 6.45) is 2.49.